The van der Waals surface area contributed by atoms with Crippen LogP contribution in [0.5, 0.6) is 0 Å². The van der Waals surface area contributed by atoms with Gasteiger partial charge in [-0.15, -0.1) is 0 Å². The van der Waals surface area contributed by atoms with Gasteiger partial charge in [-0.1, -0.05) is 33.6 Å². The molecule has 0 spiro atoms. The molecule has 406 valence electrons. The van der Waals surface area contributed by atoms with Crippen molar-refractivity contribution in [2.45, 2.75) is 135 Å². The molecule has 0 saturated carbocycles. The quantitative estimate of drug-likeness (QED) is 0.101. The highest BCUT2D eigenvalue weighted by Crippen LogP contribution is 2.43. The zero-order chi connectivity index (χ0) is 54.9. The minimum absolute atomic E-state index is 0.0722. The summed E-state index contributed by atoms with van der Waals surface area (Å²) in [4.78, 5) is 83.9. The Hall–Kier alpha value is -6.37. The number of alkyl halides is 4. The number of hydrogen-bond acceptors (Lipinski definition) is 12. The van der Waals surface area contributed by atoms with Gasteiger partial charge in [0, 0.05) is 86.7 Å². The normalized spacial score (nSPS) is 20.2. The fraction of sp³-hybridized carbons (Fsp3) is 0.574. The van der Waals surface area contributed by atoms with Gasteiger partial charge in [-0.25, -0.2) is 14.8 Å². The SMILES string of the molecule is CO[C@@H](C)c1ncccc1-c1c2c3cc(ccc3n1CC(F)(F)F)-c1nc(co1)C[C@H](NC(=O)C(C(C)C)N(C)C(=O)C1(F)CCN(C(=O)C#CC(C)(C)N(C)C)CC1)C(=O)N1CCC[C@H](N1)C(=O)OCC(C)(C)C2. The molecule has 1 aromatic carbocycles. The van der Waals surface area contributed by atoms with Gasteiger partial charge in [0.1, 0.15) is 30.9 Å². The number of nitrogens with zero attached hydrogens (tertiary/aromatic N) is 7. The molecule has 75 heavy (non-hydrogen) atoms. The van der Waals surface area contributed by atoms with Gasteiger partial charge in [0.2, 0.25) is 11.8 Å². The van der Waals surface area contributed by atoms with Crippen LogP contribution >= 0.6 is 0 Å². The number of fused-ring (bicyclic) bond motifs is 6. The number of piperidine rings is 1. The van der Waals surface area contributed by atoms with Crippen LogP contribution in [0.2, 0.25) is 0 Å². The van der Waals surface area contributed by atoms with E-state index in [1.54, 1.807) is 57.3 Å². The van der Waals surface area contributed by atoms with E-state index in [2.05, 4.69) is 27.6 Å². The third-order valence-corrected chi connectivity index (χ3v) is 14.6. The van der Waals surface area contributed by atoms with Gasteiger partial charge in [-0.3, -0.25) is 38.9 Å². The molecule has 21 heteroatoms. The van der Waals surface area contributed by atoms with Crippen LogP contribution in [0.25, 0.3) is 33.6 Å². The number of aromatic nitrogens is 3. The van der Waals surface area contributed by atoms with E-state index in [4.69, 9.17) is 18.9 Å². The van der Waals surface area contributed by atoms with Gasteiger partial charge in [-0.05, 0) is 102 Å². The summed E-state index contributed by atoms with van der Waals surface area (Å²) in [5, 5.41) is 4.52. The summed E-state index contributed by atoms with van der Waals surface area (Å²) >= 11 is 0. The summed E-state index contributed by atoms with van der Waals surface area (Å²) in [6.07, 6.45) is -2.43. The summed E-state index contributed by atoms with van der Waals surface area (Å²) < 4.78 is 79.6. The Bertz CT molecular complexity index is 2860. The van der Waals surface area contributed by atoms with Crippen molar-refractivity contribution < 1.29 is 55.4 Å². The lowest BCUT2D eigenvalue weighted by Crippen LogP contribution is -2.63. The van der Waals surface area contributed by atoms with E-state index >= 15 is 4.39 Å². The smallest absolute Gasteiger partial charge is 0.406 e. The molecule has 3 aliphatic rings. The standard InChI is InChI=1S/C54H69F4N9O8/c1-32(2)44(64(10)50(72)53(55)20-24-65(25-21-53)42(68)18-19-52(6,7)63(8)9)46(69)61-40-27-35-29-74-47(60-35)34-16-17-41-37(26-34)38(28-51(4,5)31-75-49(71)39-15-13-23-67(62-39)48(40)70)45(66(41)30-54(56,57)58)36-14-12-22-59-43(36)33(3)73-11/h12,14,16-17,22,26,29,32-33,39-40,44,62H,13,15,20-21,23-25,27-28,30-31H2,1-11H3,(H,61,69)/t33-,39-,40-,44?/m0/s1. The lowest BCUT2D eigenvalue weighted by atomic mass is 9.84. The van der Waals surface area contributed by atoms with Gasteiger partial charge in [0.05, 0.1) is 35.3 Å². The number of esters is 1. The van der Waals surface area contributed by atoms with Crippen molar-refractivity contribution in [2.24, 2.45) is 11.3 Å². The van der Waals surface area contributed by atoms with Crippen LogP contribution in [-0.2, 0) is 52.8 Å². The van der Waals surface area contributed by atoms with Gasteiger partial charge in [-0.2, -0.15) is 13.2 Å². The van der Waals surface area contributed by atoms with E-state index in [-0.39, 0.29) is 74.7 Å². The number of halogens is 4. The number of likely N-dealkylation sites (N-methyl/N-ethyl adjacent to an activating group) is 1. The second-order valence-electron chi connectivity index (χ2n) is 21.8. The summed E-state index contributed by atoms with van der Waals surface area (Å²) in [5.74, 6) is 1.60. The van der Waals surface area contributed by atoms with E-state index in [9.17, 15) is 37.1 Å². The van der Waals surface area contributed by atoms with Crippen LogP contribution in [0.3, 0.4) is 0 Å². The fourth-order valence-corrected chi connectivity index (χ4v) is 9.88. The third kappa shape index (κ3) is 12.5. The summed E-state index contributed by atoms with van der Waals surface area (Å²) in [5.41, 5.74) is 1.67. The first-order valence-electron chi connectivity index (χ1n) is 25.3. The van der Waals surface area contributed by atoms with Crippen molar-refractivity contribution >= 4 is 40.5 Å². The van der Waals surface area contributed by atoms with Gasteiger partial charge in [0.25, 0.3) is 17.7 Å². The molecule has 4 amide bonds. The lowest BCUT2D eigenvalue weighted by Gasteiger charge is -2.40. The molecule has 1 unspecified atom stereocenters. The van der Waals surface area contributed by atoms with Crippen LogP contribution in [0, 0.1) is 23.2 Å². The highest BCUT2D eigenvalue weighted by atomic mass is 19.4. The molecular weight excluding hydrogens is 979 g/mol. The number of benzene rings is 1. The molecule has 2 fully saturated rings. The second-order valence-corrected chi connectivity index (χ2v) is 21.8. The van der Waals surface area contributed by atoms with E-state index in [1.807, 2.05) is 46.7 Å². The Labute approximate surface area is 435 Å². The zero-order valence-electron chi connectivity index (χ0n) is 44.6. The van der Waals surface area contributed by atoms with E-state index in [0.29, 0.717) is 40.6 Å². The number of carbonyl (C=O) groups is 5. The highest BCUT2D eigenvalue weighted by Gasteiger charge is 2.48. The van der Waals surface area contributed by atoms with Crippen LogP contribution in [-0.4, -0.2) is 154 Å². The third-order valence-electron chi connectivity index (χ3n) is 14.6. The van der Waals surface area contributed by atoms with Crippen LogP contribution in [0.15, 0.2) is 47.2 Å². The highest BCUT2D eigenvalue weighted by molar-refractivity contribution is 5.97. The number of hydrogen-bond donors (Lipinski definition) is 2. The first-order chi connectivity index (χ1) is 35.1. The topological polar surface area (TPSA) is 185 Å². The minimum atomic E-state index is -4.64. The lowest BCUT2D eigenvalue weighted by molar-refractivity contribution is -0.156. The number of pyridine rings is 1. The molecule has 0 aliphatic carbocycles. The summed E-state index contributed by atoms with van der Waals surface area (Å²) in [6.45, 7) is 11.1. The largest absolute Gasteiger partial charge is 0.464 e. The molecule has 3 aliphatic heterocycles. The maximum Gasteiger partial charge on any atom is 0.406 e. The first-order valence-corrected chi connectivity index (χ1v) is 25.3. The van der Waals surface area contributed by atoms with Gasteiger partial charge >= 0.3 is 12.1 Å². The summed E-state index contributed by atoms with van der Waals surface area (Å²) in [7, 11) is 6.50. The molecule has 4 atom stereocenters. The van der Waals surface area contributed by atoms with Gasteiger partial charge in [0.15, 0.2) is 5.67 Å². The zero-order valence-corrected chi connectivity index (χ0v) is 44.6. The molecule has 6 bridgehead atoms. The van der Waals surface area contributed by atoms with Crippen molar-refractivity contribution in [3.8, 4) is 34.6 Å². The number of nitrogens with one attached hydrogen (secondary N) is 2. The second kappa shape index (κ2) is 22.1. The van der Waals surface area contributed by atoms with E-state index in [1.165, 1.54) is 34.9 Å². The number of oxazole rings is 1. The molecule has 0 radical (unpaired) electrons. The van der Waals surface area contributed by atoms with Crippen molar-refractivity contribution in [3.05, 3.63) is 59.7 Å². The first kappa shape index (κ1) is 56.4. The maximum atomic E-state index is 16.7. The number of carbonyl (C=O) groups excluding carboxylic acids is 5. The molecule has 6 heterocycles. The van der Waals surface area contributed by atoms with Crippen LogP contribution in [0.4, 0.5) is 17.6 Å². The molecule has 2 N–H and O–H groups in total. The average Bonchev–Trinajstić information content (AvgIpc) is 3.94. The van der Waals surface area contributed by atoms with Crippen molar-refractivity contribution in [2.75, 3.05) is 54.5 Å². The Morgan fingerprint density at radius 2 is 1.76 bits per heavy atom. The number of rotatable bonds is 10. The van der Waals surface area contributed by atoms with Gasteiger partial charge < -0.3 is 33.6 Å². The van der Waals surface area contributed by atoms with E-state index in [0.717, 1.165) is 4.90 Å². The summed E-state index contributed by atoms with van der Waals surface area (Å²) in [6, 6.07) is 4.59. The molecule has 2 saturated heterocycles. The monoisotopic (exact) mass is 1050 g/mol. The number of cyclic esters (lactones) is 1. The maximum absolute atomic E-state index is 16.7. The van der Waals surface area contributed by atoms with Crippen molar-refractivity contribution in [1.82, 2.24) is 45.0 Å². The average molecular weight is 1050 g/mol. The molecule has 3 aromatic heterocycles. The number of ether oxygens (including phenoxy) is 2. The van der Waals surface area contributed by atoms with E-state index < -0.39 is 89.1 Å². The molecule has 4 aromatic rings. The van der Waals surface area contributed by atoms with Crippen molar-refractivity contribution in [3.63, 3.8) is 0 Å². The van der Waals surface area contributed by atoms with Crippen LogP contribution in [0.1, 0.15) is 97.2 Å². The molecular formula is C54H69F4N9O8. The predicted molar refractivity (Wildman–Crippen MR) is 271 cm³/mol. The van der Waals surface area contributed by atoms with Crippen molar-refractivity contribution in [1.29, 1.82) is 0 Å². The Morgan fingerprint density at radius 1 is 1.05 bits per heavy atom. The predicted octanol–water partition coefficient (Wildman–Crippen LogP) is 6.43. The Balaban J connectivity index is 1.23. The fourth-order valence-electron chi connectivity index (χ4n) is 9.88. The minimum Gasteiger partial charge on any atom is -0.464 e. The number of hydrazine groups is 1. The number of amides is 4. The number of likely N-dealkylation sites (tertiary alicyclic amines) is 1. The molecule has 7 rings (SSSR count). The van der Waals surface area contributed by atoms with Crippen LogP contribution < -0.4 is 10.7 Å². The molecule has 17 nitrogen and oxygen atoms in total. The number of methoxy groups -OCH3 is 1. The Morgan fingerprint density at radius 3 is 2.41 bits per heavy atom. The Kier molecular flexibility index (Phi) is 16.6.